The molecule has 0 saturated carbocycles. The Hall–Kier alpha value is -2.49. The zero-order valence-corrected chi connectivity index (χ0v) is 13.9. The third kappa shape index (κ3) is 2.97. The van der Waals surface area contributed by atoms with Gasteiger partial charge in [0.1, 0.15) is 0 Å². The Morgan fingerprint density at radius 1 is 0.800 bits per heavy atom. The van der Waals surface area contributed by atoms with E-state index in [0.717, 1.165) is 29.7 Å². The van der Waals surface area contributed by atoms with E-state index in [4.69, 9.17) is 0 Å². The minimum atomic E-state index is -1.49. The van der Waals surface area contributed by atoms with Crippen molar-refractivity contribution in [3.8, 4) is 0 Å². The number of hydrogen-bond donors (Lipinski definition) is 2. The van der Waals surface area contributed by atoms with Crippen LogP contribution in [0.15, 0.2) is 78.9 Å². The second kappa shape index (κ2) is 6.79. The summed E-state index contributed by atoms with van der Waals surface area (Å²) in [7, 11) is -1.49. The van der Waals surface area contributed by atoms with E-state index in [2.05, 4.69) is 47.4 Å². The van der Waals surface area contributed by atoms with Crippen LogP contribution in [0.1, 0.15) is 0 Å². The van der Waals surface area contributed by atoms with Crippen molar-refractivity contribution >= 4 is 41.6 Å². The number of anilines is 2. The molecule has 0 bridgehead atoms. The van der Waals surface area contributed by atoms with Gasteiger partial charge in [-0.15, -0.1) is 0 Å². The van der Waals surface area contributed by atoms with Crippen molar-refractivity contribution in [2.75, 3.05) is 11.4 Å². The van der Waals surface area contributed by atoms with Gasteiger partial charge in [0, 0.05) is 23.4 Å². The predicted octanol–water partition coefficient (Wildman–Crippen LogP) is 1.13. The summed E-state index contributed by atoms with van der Waals surface area (Å²) in [6.45, 7) is 1.09. The quantitative estimate of drug-likeness (QED) is 0.709. The van der Waals surface area contributed by atoms with Gasteiger partial charge >= 0.3 is 7.12 Å². The van der Waals surface area contributed by atoms with Crippen molar-refractivity contribution in [1.29, 1.82) is 0 Å². The first-order chi connectivity index (χ1) is 12.3. The molecule has 3 nitrogen and oxygen atoms in total. The molecule has 1 heterocycles. The van der Waals surface area contributed by atoms with E-state index in [1.54, 1.807) is 6.07 Å². The van der Waals surface area contributed by atoms with Crippen LogP contribution in [0.2, 0.25) is 6.32 Å². The van der Waals surface area contributed by atoms with Gasteiger partial charge in [0.2, 0.25) is 6.71 Å². The summed E-state index contributed by atoms with van der Waals surface area (Å²) in [6.07, 6.45) is 0.983. The summed E-state index contributed by atoms with van der Waals surface area (Å²) < 4.78 is 0. The summed E-state index contributed by atoms with van der Waals surface area (Å²) >= 11 is 0. The first-order valence-corrected chi connectivity index (χ1v) is 8.62. The molecule has 0 aromatic heterocycles. The second-order valence-corrected chi connectivity index (χ2v) is 6.40. The summed E-state index contributed by atoms with van der Waals surface area (Å²) in [5.74, 6) is 0. The van der Waals surface area contributed by atoms with Gasteiger partial charge in [0.05, 0.1) is 0 Å². The maximum atomic E-state index is 9.93. The molecule has 2 N–H and O–H groups in total. The Bertz CT molecular complexity index is 856. The van der Waals surface area contributed by atoms with Crippen molar-refractivity contribution in [2.45, 2.75) is 6.32 Å². The first kappa shape index (κ1) is 16.0. The maximum absolute atomic E-state index is 9.93. The standard InChI is InChI=1S/C20H19B2NO2/c24-22(25)19-13-7-12-18-20(19)23(17-10-5-2-6-11-17)15-14-21(18)16-8-3-1-4-9-16/h1-13,24-25H,14-15H2. The zero-order valence-electron chi connectivity index (χ0n) is 13.9. The number of para-hydroxylation sites is 2. The molecule has 0 unspecified atom stereocenters. The van der Waals surface area contributed by atoms with Gasteiger partial charge in [-0.3, -0.25) is 0 Å². The van der Waals surface area contributed by atoms with Gasteiger partial charge in [-0.25, -0.2) is 0 Å². The van der Waals surface area contributed by atoms with Crippen LogP contribution >= 0.6 is 0 Å². The molecule has 1 aliphatic heterocycles. The van der Waals surface area contributed by atoms with Crippen LogP contribution in [0.4, 0.5) is 11.4 Å². The summed E-state index contributed by atoms with van der Waals surface area (Å²) in [5, 5.41) is 19.9. The lowest BCUT2D eigenvalue weighted by molar-refractivity contribution is 0.426. The highest BCUT2D eigenvalue weighted by molar-refractivity contribution is 6.87. The van der Waals surface area contributed by atoms with E-state index >= 15 is 0 Å². The maximum Gasteiger partial charge on any atom is 0.490 e. The lowest BCUT2D eigenvalue weighted by Gasteiger charge is -2.36. The van der Waals surface area contributed by atoms with Crippen LogP contribution in [-0.4, -0.2) is 30.4 Å². The molecule has 3 aromatic carbocycles. The van der Waals surface area contributed by atoms with E-state index in [-0.39, 0.29) is 6.71 Å². The van der Waals surface area contributed by atoms with Crippen molar-refractivity contribution in [3.63, 3.8) is 0 Å². The molecule has 4 rings (SSSR count). The van der Waals surface area contributed by atoms with Gasteiger partial charge in [-0.1, -0.05) is 77.7 Å². The molecular weight excluding hydrogens is 308 g/mol. The summed E-state index contributed by atoms with van der Waals surface area (Å²) in [6, 6.07) is 26.4. The molecule has 3 aromatic rings. The highest BCUT2D eigenvalue weighted by Gasteiger charge is 2.33. The highest BCUT2D eigenvalue weighted by atomic mass is 16.4. The SMILES string of the molecule is OB(O)c1cccc2c1N(c1ccccc1)CCB2c1ccccc1. The number of fused-ring (bicyclic) bond motifs is 1. The third-order valence-corrected chi connectivity index (χ3v) is 4.93. The van der Waals surface area contributed by atoms with Crippen molar-refractivity contribution in [1.82, 2.24) is 0 Å². The van der Waals surface area contributed by atoms with Gasteiger partial charge in [0.15, 0.2) is 0 Å². The van der Waals surface area contributed by atoms with Crippen LogP contribution < -0.4 is 21.3 Å². The lowest BCUT2D eigenvalue weighted by Crippen LogP contribution is -2.53. The van der Waals surface area contributed by atoms with Crippen LogP contribution in [0, 0.1) is 0 Å². The van der Waals surface area contributed by atoms with E-state index in [0.29, 0.717) is 5.46 Å². The minimum Gasteiger partial charge on any atom is -0.423 e. The fourth-order valence-electron chi connectivity index (χ4n) is 3.80. The number of hydrogen-bond acceptors (Lipinski definition) is 3. The number of benzene rings is 3. The molecule has 25 heavy (non-hydrogen) atoms. The van der Waals surface area contributed by atoms with Gasteiger partial charge in [0.25, 0.3) is 0 Å². The van der Waals surface area contributed by atoms with Crippen molar-refractivity contribution < 1.29 is 10.0 Å². The number of rotatable bonds is 3. The average Bonchev–Trinajstić information content (AvgIpc) is 2.68. The molecule has 0 amide bonds. The molecule has 0 saturated heterocycles. The van der Waals surface area contributed by atoms with Crippen molar-refractivity contribution in [2.24, 2.45) is 0 Å². The third-order valence-electron chi connectivity index (χ3n) is 4.93. The van der Waals surface area contributed by atoms with Crippen LogP contribution in [0.25, 0.3) is 0 Å². The van der Waals surface area contributed by atoms with Crippen LogP contribution in [-0.2, 0) is 0 Å². The van der Waals surface area contributed by atoms with Crippen molar-refractivity contribution in [3.05, 3.63) is 78.9 Å². The Balaban J connectivity index is 1.88. The highest BCUT2D eigenvalue weighted by Crippen LogP contribution is 2.27. The van der Waals surface area contributed by atoms with Crippen LogP contribution in [0.5, 0.6) is 0 Å². The Morgan fingerprint density at radius 3 is 2.16 bits per heavy atom. The normalized spacial score (nSPS) is 13.5. The topological polar surface area (TPSA) is 43.7 Å². The minimum absolute atomic E-state index is 0.259. The van der Waals surface area contributed by atoms with E-state index in [1.165, 1.54) is 5.46 Å². The smallest absolute Gasteiger partial charge is 0.423 e. The monoisotopic (exact) mass is 327 g/mol. The van der Waals surface area contributed by atoms with Crippen LogP contribution in [0.3, 0.4) is 0 Å². The fraction of sp³-hybridized carbons (Fsp3) is 0.100. The second-order valence-electron chi connectivity index (χ2n) is 6.40. The predicted molar refractivity (Wildman–Crippen MR) is 106 cm³/mol. The molecule has 122 valence electrons. The Morgan fingerprint density at radius 2 is 1.48 bits per heavy atom. The fourth-order valence-corrected chi connectivity index (χ4v) is 3.80. The summed E-state index contributed by atoms with van der Waals surface area (Å²) in [5.41, 5.74) is 4.96. The number of nitrogens with zero attached hydrogens (tertiary/aromatic N) is 1. The van der Waals surface area contributed by atoms with Gasteiger partial charge in [-0.05, 0) is 18.5 Å². The van der Waals surface area contributed by atoms with Gasteiger partial charge < -0.3 is 14.9 Å². The first-order valence-electron chi connectivity index (χ1n) is 8.62. The Kier molecular flexibility index (Phi) is 4.35. The Labute approximate surface area is 148 Å². The molecule has 0 fully saturated rings. The summed E-state index contributed by atoms with van der Waals surface area (Å²) in [4.78, 5) is 2.20. The molecule has 5 heteroatoms. The molecule has 1 aliphatic rings. The zero-order chi connectivity index (χ0) is 17.2. The van der Waals surface area contributed by atoms with E-state index in [9.17, 15) is 10.0 Å². The molecular formula is C20H19B2NO2. The van der Waals surface area contributed by atoms with E-state index < -0.39 is 7.12 Å². The molecule has 0 aliphatic carbocycles. The molecule has 0 spiro atoms. The molecule has 0 radical (unpaired) electrons. The largest absolute Gasteiger partial charge is 0.490 e. The average molecular weight is 327 g/mol. The lowest BCUT2D eigenvalue weighted by atomic mass is 9.36. The molecule has 0 atom stereocenters. The van der Waals surface area contributed by atoms with Gasteiger partial charge in [-0.2, -0.15) is 0 Å². The van der Waals surface area contributed by atoms with E-state index in [1.807, 2.05) is 30.3 Å².